The Balaban J connectivity index is 1.77. The van der Waals surface area contributed by atoms with Gasteiger partial charge in [-0.2, -0.15) is 10.5 Å². The summed E-state index contributed by atoms with van der Waals surface area (Å²) in [5.74, 6) is 0.447. The quantitative estimate of drug-likeness (QED) is 0.722. The SMILES string of the molecule is COc1ccc2c3c1OC1C4(OC)C=CC5(C(C#N)C4C#N)C(C2)N(C)CCC315. The number of likely N-dealkylation sites (N-methyl/N-ethyl adjacent to an activating group) is 1. The van der Waals surface area contributed by atoms with E-state index in [0.717, 1.165) is 25.1 Å². The highest BCUT2D eigenvalue weighted by molar-refractivity contribution is 5.66. The second-order valence-corrected chi connectivity index (χ2v) is 9.09. The van der Waals surface area contributed by atoms with Crippen LogP contribution in [0.2, 0.25) is 0 Å². The zero-order chi connectivity index (χ0) is 20.2. The van der Waals surface area contributed by atoms with Crippen LogP contribution in [0.1, 0.15) is 17.5 Å². The summed E-state index contributed by atoms with van der Waals surface area (Å²) in [4.78, 5) is 2.38. The fourth-order valence-corrected chi connectivity index (χ4v) is 7.65. The Morgan fingerprint density at radius 1 is 1.17 bits per heavy atom. The van der Waals surface area contributed by atoms with E-state index < -0.39 is 22.9 Å². The van der Waals surface area contributed by atoms with E-state index >= 15 is 0 Å². The van der Waals surface area contributed by atoms with Crippen LogP contribution in [-0.4, -0.2) is 50.5 Å². The maximum atomic E-state index is 10.4. The molecular weight excluding hydrogens is 366 g/mol. The van der Waals surface area contributed by atoms with E-state index in [-0.39, 0.29) is 17.6 Å². The molecule has 4 aliphatic carbocycles. The number of ether oxygens (including phenoxy) is 3. The molecule has 7 rings (SSSR count). The molecule has 2 spiro atoms. The minimum atomic E-state index is -0.948. The monoisotopic (exact) mass is 389 g/mol. The topological polar surface area (TPSA) is 78.5 Å². The summed E-state index contributed by atoms with van der Waals surface area (Å²) in [5.41, 5.74) is 0.636. The third kappa shape index (κ3) is 1.48. The number of benzene rings is 1. The summed E-state index contributed by atoms with van der Waals surface area (Å²) in [5, 5.41) is 20.6. The number of nitrogens with zero attached hydrogens (tertiary/aromatic N) is 3. The van der Waals surface area contributed by atoms with Crippen molar-refractivity contribution in [3.63, 3.8) is 0 Å². The van der Waals surface area contributed by atoms with Gasteiger partial charge < -0.3 is 19.1 Å². The fourth-order valence-electron chi connectivity index (χ4n) is 7.65. The largest absolute Gasteiger partial charge is 0.493 e. The molecule has 0 amide bonds. The summed E-state index contributed by atoms with van der Waals surface area (Å²) in [6.07, 6.45) is 5.61. The van der Waals surface area contributed by atoms with Crippen molar-refractivity contribution in [3.05, 3.63) is 35.4 Å². The summed E-state index contributed by atoms with van der Waals surface area (Å²) in [7, 11) is 5.44. The Morgan fingerprint density at radius 3 is 2.66 bits per heavy atom. The third-order valence-corrected chi connectivity index (χ3v) is 8.68. The van der Waals surface area contributed by atoms with Crippen LogP contribution >= 0.6 is 0 Å². The van der Waals surface area contributed by atoms with Gasteiger partial charge in [0.15, 0.2) is 11.5 Å². The lowest BCUT2D eigenvalue weighted by Gasteiger charge is -2.71. The van der Waals surface area contributed by atoms with Crippen molar-refractivity contribution in [3.8, 4) is 23.6 Å². The fraction of sp³-hybridized carbons (Fsp3) is 0.565. The number of fused-ring (bicyclic) bond motifs is 1. The molecule has 6 nitrogen and oxygen atoms in total. The van der Waals surface area contributed by atoms with Gasteiger partial charge in [0.05, 0.1) is 36.5 Å². The minimum absolute atomic E-state index is 0.140. The van der Waals surface area contributed by atoms with E-state index in [1.54, 1.807) is 14.2 Å². The number of likely N-dealkylation sites (tertiary alicyclic amines) is 1. The molecule has 7 unspecified atom stereocenters. The van der Waals surface area contributed by atoms with Crippen molar-refractivity contribution >= 4 is 0 Å². The number of rotatable bonds is 2. The highest BCUT2D eigenvalue weighted by Crippen LogP contribution is 2.75. The summed E-state index contributed by atoms with van der Waals surface area (Å²) >= 11 is 0. The molecule has 4 bridgehead atoms. The van der Waals surface area contributed by atoms with Gasteiger partial charge in [0.1, 0.15) is 11.7 Å². The zero-order valence-electron chi connectivity index (χ0n) is 16.8. The molecule has 0 N–H and O–H groups in total. The molecule has 1 saturated carbocycles. The molecule has 2 heterocycles. The third-order valence-electron chi connectivity index (χ3n) is 8.68. The molecule has 2 aliphatic heterocycles. The van der Waals surface area contributed by atoms with Crippen LogP contribution < -0.4 is 9.47 Å². The highest BCUT2D eigenvalue weighted by atomic mass is 16.6. The Morgan fingerprint density at radius 2 is 1.97 bits per heavy atom. The van der Waals surface area contributed by atoms with Gasteiger partial charge >= 0.3 is 0 Å². The van der Waals surface area contributed by atoms with Gasteiger partial charge in [0.2, 0.25) is 0 Å². The van der Waals surface area contributed by atoms with Gasteiger partial charge in [-0.3, -0.25) is 0 Å². The Hall–Kier alpha value is -2.54. The zero-order valence-corrected chi connectivity index (χ0v) is 16.8. The van der Waals surface area contributed by atoms with Crippen LogP contribution in [0.25, 0.3) is 0 Å². The van der Waals surface area contributed by atoms with Crippen molar-refractivity contribution in [2.75, 3.05) is 27.8 Å². The van der Waals surface area contributed by atoms with E-state index in [2.05, 4.69) is 36.2 Å². The van der Waals surface area contributed by atoms with Gasteiger partial charge in [-0.25, -0.2) is 0 Å². The molecule has 1 saturated heterocycles. The molecule has 7 atom stereocenters. The van der Waals surface area contributed by atoms with Crippen molar-refractivity contribution in [2.24, 2.45) is 17.3 Å². The van der Waals surface area contributed by atoms with Crippen molar-refractivity contribution in [2.45, 2.75) is 36.0 Å². The number of nitriles is 2. The molecule has 2 fully saturated rings. The Bertz CT molecular complexity index is 1050. The first-order chi connectivity index (χ1) is 14.1. The molecule has 0 aromatic heterocycles. The lowest BCUT2D eigenvalue weighted by Crippen LogP contribution is -2.81. The second-order valence-electron chi connectivity index (χ2n) is 9.09. The lowest BCUT2D eigenvalue weighted by molar-refractivity contribution is -0.220. The molecule has 1 aromatic rings. The molecule has 29 heavy (non-hydrogen) atoms. The van der Waals surface area contributed by atoms with Crippen LogP contribution in [0.4, 0.5) is 0 Å². The second kappa shape index (κ2) is 5.14. The predicted octanol–water partition coefficient (Wildman–Crippen LogP) is 2.19. The molecule has 6 aliphatic rings. The predicted molar refractivity (Wildman–Crippen MR) is 103 cm³/mol. The van der Waals surface area contributed by atoms with E-state index in [1.165, 1.54) is 11.1 Å². The Labute approximate surface area is 170 Å². The first-order valence-corrected chi connectivity index (χ1v) is 10.2. The van der Waals surface area contributed by atoms with Gasteiger partial charge in [-0.15, -0.1) is 0 Å². The average Bonchev–Trinajstić information content (AvgIpc) is 3.12. The van der Waals surface area contributed by atoms with Gasteiger partial charge in [-0.05, 0) is 38.1 Å². The maximum Gasteiger partial charge on any atom is 0.166 e. The number of piperidine rings is 1. The lowest BCUT2D eigenvalue weighted by atomic mass is 9.34. The van der Waals surface area contributed by atoms with Crippen LogP contribution in [0.15, 0.2) is 24.3 Å². The maximum absolute atomic E-state index is 10.4. The Kier molecular flexibility index (Phi) is 3.07. The summed E-state index contributed by atoms with van der Waals surface area (Å²) in [6, 6.07) is 9.29. The summed E-state index contributed by atoms with van der Waals surface area (Å²) < 4.78 is 18.5. The number of hydrogen-bond donors (Lipinski definition) is 0. The average molecular weight is 389 g/mol. The normalized spacial score (nSPS) is 45.1. The molecule has 6 heteroatoms. The van der Waals surface area contributed by atoms with Crippen LogP contribution in [0, 0.1) is 39.9 Å². The van der Waals surface area contributed by atoms with E-state index in [4.69, 9.17) is 14.2 Å². The van der Waals surface area contributed by atoms with Gasteiger partial charge in [0.25, 0.3) is 0 Å². The van der Waals surface area contributed by atoms with Crippen LogP contribution in [0.5, 0.6) is 11.5 Å². The molecule has 1 aromatic carbocycles. The van der Waals surface area contributed by atoms with E-state index in [1.807, 2.05) is 12.1 Å². The summed E-state index contributed by atoms with van der Waals surface area (Å²) in [6.45, 7) is 0.922. The van der Waals surface area contributed by atoms with Gasteiger partial charge in [-0.1, -0.05) is 18.2 Å². The smallest absolute Gasteiger partial charge is 0.166 e. The number of methoxy groups -OCH3 is 2. The number of hydrogen-bond acceptors (Lipinski definition) is 6. The van der Waals surface area contributed by atoms with E-state index in [0.29, 0.717) is 5.75 Å². The van der Waals surface area contributed by atoms with E-state index in [9.17, 15) is 10.5 Å². The molecular formula is C23H23N3O3. The van der Waals surface area contributed by atoms with Crippen molar-refractivity contribution in [1.29, 1.82) is 10.5 Å². The molecule has 0 radical (unpaired) electrons. The van der Waals surface area contributed by atoms with Crippen molar-refractivity contribution in [1.82, 2.24) is 4.90 Å². The first-order valence-electron chi connectivity index (χ1n) is 10.2. The standard InChI is InChI=1S/C23H23N3O3/c1-26-9-8-22-18-13-4-5-16(27-2)19(18)29-20(22)23(28-3)7-6-21(22,17(26)10-13)14(11-24)15(23)12-25/h4-7,14-15,17,20H,8-10H2,1-3H3. The molecule has 148 valence electrons. The first kappa shape index (κ1) is 17.3. The van der Waals surface area contributed by atoms with Crippen LogP contribution in [-0.2, 0) is 16.6 Å². The van der Waals surface area contributed by atoms with Crippen molar-refractivity contribution < 1.29 is 14.2 Å². The van der Waals surface area contributed by atoms with Crippen LogP contribution in [0.3, 0.4) is 0 Å². The van der Waals surface area contributed by atoms with Gasteiger partial charge in [0, 0.05) is 24.1 Å². The highest BCUT2D eigenvalue weighted by Gasteiger charge is 2.82. The minimum Gasteiger partial charge on any atom is -0.493 e.